The van der Waals surface area contributed by atoms with Gasteiger partial charge in [-0.05, 0) is 54.1 Å². The molecule has 1 aliphatic rings. The van der Waals surface area contributed by atoms with E-state index in [9.17, 15) is 13.2 Å². The number of anilines is 2. The Labute approximate surface area is 179 Å². The van der Waals surface area contributed by atoms with E-state index in [1.54, 1.807) is 60.5 Å². The van der Waals surface area contributed by atoms with Crippen molar-refractivity contribution in [3.8, 4) is 5.75 Å². The maximum atomic E-state index is 12.6. The Morgan fingerprint density at radius 2 is 1.73 bits per heavy atom. The van der Waals surface area contributed by atoms with Crippen LogP contribution in [0.4, 0.5) is 11.4 Å². The molecule has 1 unspecified atom stereocenters. The first-order chi connectivity index (χ1) is 14.5. The zero-order valence-corrected chi connectivity index (χ0v) is 17.8. The lowest BCUT2D eigenvalue weighted by Gasteiger charge is -2.25. The van der Waals surface area contributed by atoms with E-state index in [0.29, 0.717) is 17.2 Å². The summed E-state index contributed by atoms with van der Waals surface area (Å²) in [4.78, 5) is 14.5. The van der Waals surface area contributed by atoms with Crippen LogP contribution in [-0.4, -0.2) is 27.2 Å². The number of nitrogens with one attached hydrogen (secondary N) is 1. The van der Waals surface area contributed by atoms with Crippen LogP contribution in [0.2, 0.25) is 0 Å². The molecule has 0 saturated carbocycles. The number of carbonyl (C=O) groups excluding carboxylic acids is 1. The normalized spacial score (nSPS) is 16.5. The predicted molar refractivity (Wildman–Crippen MR) is 119 cm³/mol. The molecular formula is C22H20N2O4S2. The fraction of sp³-hybridized carbons (Fsp3) is 0.136. The molecule has 1 saturated heterocycles. The molecule has 1 amide bonds. The van der Waals surface area contributed by atoms with E-state index < -0.39 is 10.0 Å². The molecule has 0 spiro atoms. The summed E-state index contributed by atoms with van der Waals surface area (Å²) < 4.78 is 33.1. The van der Waals surface area contributed by atoms with Gasteiger partial charge in [0.05, 0.1) is 17.8 Å². The highest BCUT2D eigenvalue weighted by Gasteiger charge is 2.34. The first-order valence-corrected chi connectivity index (χ1v) is 11.8. The van der Waals surface area contributed by atoms with Gasteiger partial charge < -0.3 is 4.74 Å². The monoisotopic (exact) mass is 440 g/mol. The number of rotatable bonds is 6. The third-order valence-corrected chi connectivity index (χ3v) is 7.31. The molecule has 30 heavy (non-hydrogen) atoms. The molecule has 1 atom stereocenters. The van der Waals surface area contributed by atoms with Gasteiger partial charge in [0, 0.05) is 11.4 Å². The van der Waals surface area contributed by atoms with Crippen LogP contribution in [0.1, 0.15) is 10.9 Å². The van der Waals surface area contributed by atoms with Gasteiger partial charge >= 0.3 is 0 Å². The minimum Gasteiger partial charge on any atom is -0.497 e. The van der Waals surface area contributed by atoms with Crippen LogP contribution in [0.15, 0.2) is 83.8 Å². The second-order valence-electron chi connectivity index (χ2n) is 6.67. The van der Waals surface area contributed by atoms with Crippen LogP contribution in [0, 0.1) is 0 Å². The Morgan fingerprint density at radius 3 is 2.43 bits per heavy atom. The lowest BCUT2D eigenvalue weighted by atomic mass is 10.1. The number of ether oxygens (including phenoxy) is 1. The summed E-state index contributed by atoms with van der Waals surface area (Å²) >= 11 is 1.51. The Bertz CT molecular complexity index is 1150. The molecule has 0 aliphatic carbocycles. The summed E-state index contributed by atoms with van der Waals surface area (Å²) in [6.07, 6.45) is 0. The highest BCUT2D eigenvalue weighted by Crippen LogP contribution is 2.42. The standard InChI is InChI=1S/C22H20N2O4S2/c1-28-19-12-10-18(11-13-19)24-21(25)15-29-22(24)16-6-5-7-17(14-16)23-30(26,27)20-8-3-2-4-9-20/h2-14,22-23H,15H2,1H3. The third-order valence-electron chi connectivity index (χ3n) is 4.70. The lowest BCUT2D eigenvalue weighted by Crippen LogP contribution is -2.27. The molecule has 1 heterocycles. The Balaban J connectivity index is 1.61. The van der Waals surface area contributed by atoms with Crippen molar-refractivity contribution in [2.75, 3.05) is 22.5 Å². The molecule has 8 heteroatoms. The first-order valence-electron chi connectivity index (χ1n) is 9.23. The largest absolute Gasteiger partial charge is 0.497 e. The lowest BCUT2D eigenvalue weighted by molar-refractivity contribution is -0.115. The predicted octanol–water partition coefficient (Wildman–Crippen LogP) is 4.27. The van der Waals surface area contributed by atoms with Gasteiger partial charge in [0.25, 0.3) is 10.0 Å². The molecule has 1 aliphatic heterocycles. The minimum absolute atomic E-state index is 0.00503. The van der Waals surface area contributed by atoms with Crippen LogP contribution >= 0.6 is 11.8 Å². The van der Waals surface area contributed by atoms with Crippen molar-refractivity contribution in [1.82, 2.24) is 0 Å². The summed E-state index contributed by atoms with van der Waals surface area (Å²) in [5.41, 5.74) is 2.06. The van der Waals surface area contributed by atoms with E-state index in [1.165, 1.54) is 11.8 Å². The highest BCUT2D eigenvalue weighted by atomic mass is 32.2. The fourth-order valence-electron chi connectivity index (χ4n) is 3.26. The van der Waals surface area contributed by atoms with E-state index in [-0.39, 0.29) is 16.2 Å². The third kappa shape index (κ3) is 4.15. The van der Waals surface area contributed by atoms with Gasteiger partial charge in [-0.3, -0.25) is 14.4 Å². The number of methoxy groups -OCH3 is 1. The number of hydrogen-bond donors (Lipinski definition) is 1. The Kier molecular flexibility index (Phi) is 5.69. The van der Waals surface area contributed by atoms with Crippen molar-refractivity contribution < 1.29 is 17.9 Å². The Morgan fingerprint density at radius 1 is 1.00 bits per heavy atom. The summed E-state index contributed by atoms with van der Waals surface area (Å²) in [6, 6.07) is 22.7. The summed E-state index contributed by atoms with van der Waals surface area (Å²) in [6.45, 7) is 0. The number of carbonyl (C=O) groups is 1. The number of nitrogens with zero attached hydrogens (tertiary/aromatic N) is 1. The summed E-state index contributed by atoms with van der Waals surface area (Å²) in [5, 5.41) is -0.243. The maximum Gasteiger partial charge on any atom is 0.261 e. The van der Waals surface area contributed by atoms with Gasteiger partial charge in [-0.1, -0.05) is 30.3 Å². The number of hydrogen-bond acceptors (Lipinski definition) is 5. The Hall–Kier alpha value is -2.97. The van der Waals surface area contributed by atoms with Crippen LogP contribution in [-0.2, 0) is 14.8 Å². The van der Waals surface area contributed by atoms with Crippen LogP contribution < -0.4 is 14.4 Å². The summed E-state index contributed by atoms with van der Waals surface area (Å²) in [7, 11) is -2.10. The van der Waals surface area contributed by atoms with Gasteiger partial charge in [0.2, 0.25) is 5.91 Å². The van der Waals surface area contributed by atoms with E-state index in [4.69, 9.17) is 4.74 Å². The molecule has 1 fully saturated rings. The average molecular weight is 441 g/mol. The van der Waals surface area contributed by atoms with Gasteiger partial charge in [0.1, 0.15) is 11.1 Å². The molecular weight excluding hydrogens is 420 g/mol. The zero-order chi connectivity index (χ0) is 21.1. The van der Waals surface area contributed by atoms with Crippen molar-refractivity contribution in [3.63, 3.8) is 0 Å². The number of amides is 1. The zero-order valence-electron chi connectivity index (χ0n) is 16.2. The van der Waals surface area contributed by atoms with Crippen molar-refractivity contribution >= 4 is 39.1 Å². The van der Waals surface area contributed by atoms with Crippen LogP contribution in [0.5, 0.6) is 5.75 Å². The molecule has 3 aromatic carbocycles. The molecule has 154 valence electrons. The fourth-order valence-corrected chi connectivity index (χ4v) is 5.50. The molecule has 3 aromatic rings. The van der Waals surface area contributed by atoms with Crippen molar-refractivity contribution in [1.29, 1.82) is 0 Å². The van der Waals surface area contributed by atoms with E-state index >= 15 is 0 Å². The van der Waals surface area contributed by atoms with E-state index in [1.807, 2.05) is 30.3 Å². The molecule has 1 N–H and O–H groups in total. The molecule has 4 rings (SSSR count). The SMILES string of the molecule is COc1ccc(N2C(=O)CSC2c2cccc(NS(=O)(=O)c3ccccc3)c2)cc1. The average Bonchev–Trinajstić information content (AvgIpc) is 3.16. The van der Waals surface area contributed by atoms with E-state index in [0.717, 1.165) is 11.3 Å². The van der Waals surface area contributed by atoms with Crippen LogP contribution in [0.25, 0.3) is 0 Å². The van der Waals surface area contributed by atoms with Crippen molar-refractivity contribution in [2.45, 2.75) is 10.3 Å². The molecule has 0 radical (unpaired) electrons. The number of thioether (sulfide) groups is 1. The highest BCUT2D eigenvalue weighted by molar-refractivity contribution is 8.00. The van der Waals surface area contributed by atoms with Crippen molar-refractivity contribution in [3.05, 3.63) is 84.4 Å². The van der Waals surface area contributed by atoms with E-state index in [2.05, 4.69) is 4.72 Å². The number of benzene rings is 3. The number of sulfonamides is 1. The van der Waals surface area contributed by atoms with Gasteiger partial charge in [-0.25, -0.2) is 8.42 Å². The quantitative estimate of drug-likeness (QED) is 0.619. The minimum atomic E-state index is -3.69. The summed E-state index contributed by atoms with van der Waals surface area (Å²) in [5.74, 6) is 1.08. The van der Waals surface area contributed by atoms with Crippen LogP contribution in [0.3, 0.4) is 0 Å². The van der Waals surface area contributed by atoms with Gasteiger partial charge in [-0.15, -0.1) is 11.8 Å². The topological polar surface area (TPSA) is 75.7 Å². The van der Waals surface area contributed by atoms with Gasteiger partial charge in [0.15, 0.2) is 0 Å². The van der Waals surface area contributed by atoms with Crippen molar-refractivity contribution in [2.24, 2.45) is 0 Å². The first kappa shape index (κ1) is 20.3. The molecule has 0 bridgehead atoms. The molecule has 0 aromatic heterocycles. The van der Waals surface area contributed by atoms with Gasteiger partial charge in [-0.2, -0.15) is 0 Å². The smallest absolute Gasteiger partial charge is 0.261 e. The maximum absolute atomic E-state index is 12.6. The second-order valence-corrected chi connectivity index (χ2v) is 9.42. The second kappa shape index (κ2) is 8.41. The molecule has 6 nitrogen and oxygen atoms in total.